The second-order valence-electron chi connectivity index (χ2n) is 8.84. The first-order valence-corrected chi connectivity index (χ1v) is 16.7. The van der Waals surface area contributed by atoms with Crippen LogP contribution in [0.5, 0.6) is 11.5 Å². The Morgan fingerprint density at radius 1 is 0.543 bits per heavy atom. The van der Waals surface area contributed by atoms with Crippen LogP contribution in [0.1, 0.15) is 46.1 Å². The van der Waals surface area contributed by atoms with Crippen LogP contribution in [0, 0.1) is 0 Å². The summed E-state index contributed by atoms with van der Waals surface area (Å²) in [5.74, 6) is 1.29. The molecule has 1 aliphatic rings. The number of rotatable bonds is 4. The van der Waals surface area contributed by atoms with Crippen LogP contribution < -0.4 is 9.47 Å². The number of benzene rings is 2. The molecule has 5 rings (SSSR count). The quantitative estimate of drug-likeness (QED) is 0.187. The number of hydrogen-bond donors (Lipinski definition) is 0. The molecule has 4 aromatic rings. The molecule has 46 heavy (non-hydrogen) atoms. The smallest absolute Gasteiger partial charge is 0.250 e. The molecule has 0 spiro atoms. The molecule has 0 bridgehead atoms. The molecule has 0 atom stereocenters. The number of alkyl halides is 12. The highest BCUT2D eigenvalue weighted by atomic mass is 35.6. The van der Waals surface area contributed by atoms with Crippen molar-refractivity contribution in [2.45, 2.75) is 21.6 Å². The van der Waals surface area contributed by atoms with Crippen LogP contribution in [-0.4, -0.2) is 36.7 Å². The second-order valence-corrected chi connectivity index (χ2v) is 18.0. The summed E-state index contributed by atoms with van der Waals surface area (Å²) in [7, 11) is 0. The molecule has 0 fully saturated rings. The van der Waals surface area contributed by atoms with Gasteiger partial charge in [0.1, 0.15) is 5.82 Å². The predicted molar refractivity (Wildman–Crippen MR) is 187 cm³/mol. The maximum absolute atomic E-state index is 5.84. The van der Waals surface area contributed by atoms with Gasteiger partial charge in [-0.2, -0.15) is 0 Å². The topological polar surface area (TPSA) is 95.8 Å². The van der Waals surface area contributed by atoms with Crippen molar-refractivity contribution in [1.29, 1.82) is 0 Å². The predicted octanol–water partition coefficient (Wildman–Crippen LogP) is 10.5. The van der Waals surface area contributed by atoms with Gasteiger partial charge in [0, 0.05) is 6.42 Å². The first-order valence-electron chi connectivity index (χ1n) is 12.2. The molecule has 0 aliphatic carbocycles. The molecule has 0 saturated heterocycles. The number of halogens is 12. The van der Waals surface area contributed by atoms with E-state index in [9.17, 15) is 0 Å². The SMILES string of the molecule is ClC(Cl)(Cl)c1nc(C=Cc2ccccc2)nc(C(Cl)(Cl)Cl)n1.ClC(Cl)(Cl)c1nc(Cc2ccc3c(c2)OCO3)nc(C(Cl)(Cl)Cl)n1. The first kappa shape index (κ1) is 38.1. The van der Waals surface area contributed by atoms with E-state index < -0.39 is 15.2 Å². The molecule has 2 aromatic heterocycles. The molecular formula is C26H14Cl12N6O2. The average molecular weight is 868 g/mol. The van der Waals surface area contributed by atoms with Gasteiger partial charge in [-0.3, -0.25) is 0 Å². The van der Waals surface area contributed by atoms with Crippen LogP contribution in [0.4, 0.5) is 0 Å². The van der Waals surface area contributed by atoms with Crippen LogP contribution in [0.2, 0.25) is 0 Å². The van der Waals surface area contributed by atoms with Crippen LogP contribution >= 0.6 is 139 Å². The number of hydrogen-bond acceptors (Lipinski definition) is 8. The largest absolute Gasteiger partial charge is 0.454 e. The number of nitrogens with zero attached hydrogens (tertiary/aromatic N) is 6. The van der Waals surface area contributed by atoms with Crippen LogP contribution in [0.3, 0.4) is 0 Å². The highest BCUT2D eigenvalue weighted by molar-refractivity contribution is 6.68. The Balaban J connectivity index is 0.000000210. The molecule has 8 nitrogen and oxygen atoms in total. The summed E-state index contributed by atoms with van der Waals surface area (Å²) in [4.78, 5) is 24.2. The van der Waals surface area contributed by atoms with E-state index in [0.717, 1.165) is 11.1 Å². The standard InChI is InChI=1S/C13H7Cl6N3O2.C13H7Cl6N3/c14-12(15,16)10-20-9(21-11(22-10)13(17,18)19)4-6-1-2-7-8(3-6)24-5-23-7;14-12(15,16)10-20-9(21-11(22-10)13(17,18)19)7-6-8-4-2-1-3-5-8/h1-3H,4-5H2;1-7H. The summed E-state index contributed by atoms with van der Waals surface area (Å²) in [5, 5.41) is 0. The first-order chi connectivity index (χ1) is 21.3. The zero-order chi connectivity index (χ0) is 33.9. The van der Waals surface area contributed by atoms with E-state index in [2.05, 4.69) is 29.9 Å². The number of fused-ring (bicyclic) bond motifs is 1. The van der Waals surface area contributed by atoms with Gasteiger partial charge < -0.3 is 9.47 Å². The van der Waals surface area contributed by atoms with Gasteiger partial charge >= 0.3 is 0 Å². The molecule has 0 amide bonds. The van der Waals surface area contributed by atoms with E-state index in [1.54, 1.807) is 24.3 Å². The van der Waals surface area contributed by atoms with E-state index >= 15 is 0 Å². The minimum absolute atomic E-state index is 0.124. The summed E-state index contributed by atoms with van der Waals surface area (Å²) in [6.45, 7) is 0.180. The number of ether oxygens (including phenoxy) is 2. The normalized spacial score (nSPS) is 13.5. The van der Waals surface area contributed by atoms with E-state index in [-0.39, 0.29) is 41.7 Å². The van der Waals surface area contributed by atoms with Gasteiger partial charge in [-0.1, -0.05) is 182 Å². The third kappa shape index (κ3) is 11.2. The van der Waals surface area contributed by atoms with Crippen molar-refractivity contribution in [1.82, 2.24) is 29.9 Å². The Bertz CT molecular complexity index is 1640. The summed E-state index contributed by atoms with van der Waals surface area (Å²) >= 11 is 69.8. The lowest BCUT2D eigenvalue weighted by molar-refractivity contribution is 0.174. The third-order valence-corrected chi connectivity index (χ3v) is 7.40. The Kier molecular flexibility index (Phi) is 12.8. The van der Waals surface area contributed by atoms with Gasteiger partial charge in [-0.15, -0.1) is 0 Å². The van der Waals surface area contributed by atoms with Crippen molar-refractivity contribution < 1.29 is 9.47 Å². The summed E-state index contributed by atoms with van der Waals surface area (Å²) in [6, 6.07) is 14.9. The zero-order valence-corrected chi connectivity index (χ0v) is 31.3. The van der Waals surface area contributed by atoms with Gasteiger partial charge in [-0.05, 0) is 29.3 Å². The minimum Gasteiger partial charge on any atom is -0.454 e. The summed E-state index contributed by atoms with van der Waals surface area (Å²) < 4.78 is 3.12. The van der Waals surface area contributed by atoms with Crippen LogP contribution in [0.25, 0.3) is 12.2 Å². The van der Waals surface area contributed by atoms with Gasteiger partial charge in [0.15, 0.2) is 40.6 Å². The van der Waals surface area contributed by atoms with E-state index in [1.165, 1.54) is 0 Å². The molecule has 0 saturated carbocycles. The van der Waals surface area contributed by atoms with Crippen molar-refractivity contribution in [3.63, 3.8) is 0 Å². The Hall–Kier alpha value is -0.720. The Morgan fingerprint density at radius 3 is 1.52 bits per heavy atom. The van der Waals surface area contributed by atoms with Gasteiger partial charge in [0.25, 0.3) is 0 Å². The monoisotopic (exact) mass is 862 g/mol. The summed E-state index contributed by atoms with van der Waals surface area (Å²) in [6.07, 6.45) is 3.68. The lowest BCUT2D eigenvalue weighted by Crippen LogP contribution is -2.18. The fourth-order valence-corrected chi connectivity index (χ4v) is 4.46. The highest BCUT2D eigenvalue weighted by Gasteiger charge is 2.35. The fraction of sp³-hybridized carbons (Fsp3) is 0.231. The third-order valence-electron chi connectivity index (χ3n) is 5.37. The van der Waals surface area contributed by atoms with E-state index in [4.69, 9.17) is 149 Å². The van der Waals surface area contributed by atoms with Crippen LogP contribution in [0.15, 0.2) is 48.5 Å². The lowest BCUT2D eigenvalue weighted by atomic mass is 10.1. The van der Waals surface area contributed by atoms with Crippen molar-refractivity contribution in [2.75, 3.05) is 6.79 Å². The highest BCUT2D eigenvalue weighted by Crippen LogP contribution is 2.41. The molecule has 20 heteroatoms. The van der Waals surface area contributed by atoms with Crippen molar-refractivity contribution in [2.24, 2.45) is 0 Å². The zero-order valence-electron chi connectivity index (χ0n) is 22.2. The Morgan fingerprint density at radius 2 is 1.02 bits per heavy atom. The molecule has 1 aliphatic heterocycles. The molecule has 0 N–H and O–H groups in total. The second kappa shape index (κ2) is 15.4. The molecular weight excluding hydrogens is 854 g/mol. The maximum atomic E-state index is 5.84. The van der Waals surface area contributed by atoms with Gasteiger partial charge in [0.2, 0.25) is 22.0 Å². The van der Waals surface area contributed by atoms with E-state index in [1.807, 2.05) is 36.4 Å². The average Bonchev–Trinajstić information content (AvgIpc) is 3.43. The Labute approximate surface area is 322 Å². The van der Waals surface area contributed by atoms with Crippen LogP contribution in [-0.2, 0) is 21.6 Å². The maximum Gasteiger partial charge on any atom is 0.250 e. The lowest BCUT2D eigenvalue weighted by Gasteiger charge is -2.15. The molecule has 0 unspecified atom stereocenters. The van der Waals surface area contributed by atoms with Crippen molar-refractivity contribution >= 4 is 151 Å². The fourth-order valence-electron chi connectivity index (χ4n) is 3.44. The van der Waals surface area contributed by atoms with Gasteiger partial charge in [-0.25, -0.2) is 29.9 Å². The van der Waals surface area contributed by atoms with E-state index in [0.29, 0.717) is 17.9 Å². The van der Waals surface area contributed by atoms with Crippen molar-refractivity contribution in [3.05, 3.63) is 94.6 Å². The molecule has 0 radical (unpaired) electrons. The molecule has 3 heterocycles. The minimum atomic E-state index is -1.88. The summed E-state index contributed by atoms with van der Waals surface area (Å²) in [5.41, 5.74) is 1.78. The molecule has 2 aromatic carbocycles. The molecule has 244 valence electrons. The van der Waals surface area contributed by atoms with Crippen molar-refractivity contribution in [3.8, 4) is 11.5 Å². The number of aromatic nitrogens is 6. The van der Waals surface area contributed by atoms with Gasteiger partial charge in [0.05, 0.1) is 0 Å².